The molecule has 3 aromatic rings. The van der Waals surface area contributed by atoms with Gasteiger partial charge in [0.05, 0.1) is 20.2 Å². The number of anilines is 1. The Bertz CT molecular complexity index is 1080. The number of amides is 2. The molecular formula is C26H27N3O3. The number of benzene rings is 3. The first kappa shape index (κ1) is 21.6. The summed E-state index contributed by atoms with van der Waals surface area (Å²) in [5.74, 6) is 0.317. The molecule has 0 aliphatic carbocycles. The Morgan fingerprint density at radius 2 is 1.56 bits per heavy atom. The topological polar surface area (TPSA) is 61.9 Å². The zero-order chi connectivity index (χ0) is 22.5. The quantitative estimate of drug-likeness (QED) is 0.648. The maximum atomic E-state index is 12.9. The number of methoxy groups -OCH3 is 1. The van der Waals surface area contributed by atoms with Crippen LogP contribution in [0.1, 0.15) is 11.1 Å². The number of nitrogens with one attached hydrogen (secondary N) is 1. The molecule has 0 atom stereocenters. The lowest BCUT2D eigenvalue weighted by Gasteiger charge is -2.24. The van der Waals surface area contributed by atoms with Gasteiger partial charge in [-0.2, -0.15) is 0 Å². The van der Waals surface area contributed by atoms with Crippen LogP contribution >= 0.6 is 0 Å². The van der Waals surface area contributed by atoms with Crippen molar-refractivity contribution in [2.45, 2.75) is 13.1 Å². The second kappa shape index (κ2) is 9.66. The third kappa shape index (κ3) is 4.98. The van der Waals surface area contributed by atoms with Crippen LogP contribution in [0.3, 0.4) is 0 Å². The predicted octanol–water partition coefficient (Wildman–Crippen LogP) is 3.77. The number of likely N-dealkylation sites (N-methyl/N-ethyl adjacent to an activating group) is 1. The number of hydrogen-bond donors (Lipinski definition) is 1. The molecule has 1 heterocycles. The highest BCUT2D eigenvalue weighted by atomic mass is 16.5. The van der Waals surface area contributed by atoms with E-state index in [1.54, 1.807) is 32.4 Å². The van der Waals surface area contributed by atoms with Crippen LogP contribution in [0.25, 0.3) is 11.1 Å². The minimum absolute atomic E-state index is 0.0168. The SMILES string of the molecule is COc1cccc(NC(=O)CN(C)C(=O)CN2Cc3ccccc3-c3ccccc3C2)c1. The molecule has 0 radical (unpaired) electrons. The molecule has 1 N–H and O–H groups in total. The molecule has 164 valence electrons. The lowest BCUT2D eigenvalue weighted by atomic mass is 9.97. The predicted molar refractivity (Wildman–Crippen MR) is 125 cm³/mol. The van der Waals surface area contributed by atoms with E-state index in [-0.39, 0.29) is 24.9 Å². The normalized spacial score (nSPS) is 12.8. The van der Waals surface area contributed by atoms with Crippen molar-refractivity contribution in [3.8, 4) is 16.9 Å². The first-order valence-corrected chi connectivity index (χ1v) is 10.6. The maximum Gasteiger partial charge on any atom is 0.243 e. The van der Waals surface area contributed by atoms with Gasteiger partial charge in [-0.1, -0.05) is 54.6 Å². The number of rotatable bonds is 6. The van der Waals surface area contributed by atoms with Crippen LogP contribution in [0.15, 0.2) is 72.8 Å². The van der Waals surface area contributed by atoms with Crippen LogP contribution in [-0.4, -0.2) is 48.9 Å². The maximum absolute atomic E-state index is 12.9. The molecule has 0 bridgehead atoms. The fourth-order valence-corrected chi connectivity index (χ4v) is 4.01. The second-order valence-corrected chi connectivity index (χ2v) is 7.99. The van der Waals surface area contributed by atoms with Crippen molar-refractivity contribution < 1.29 is 14.3 Å². The van der Waals surface area contributed by atoms with Crippen LogP contribution in [-0.2, 0) is 22.7 Å². The minimum atomic E-state index is -0.249. The van der Waals surface area contributed by atoms with Crippen LogP contribution < -0.4 is 10.1 Å². The van der Waals surface area contributed by atoms with Gasteiger partial charge >= 0.3 is 0 Å². The molecule has 3 aromatic carbocycles. The van der Waals surface area contributed by atoms with Crippen molar-refractivity contribution in [1.82, 2.24) is 9.80 Å². The average molecular weight is 430 g/mol. The Morgan fingerprint density at radius 1 is 0.938 bits per heavy atom. The standard InChI is InChI=1S/C26H27N3O3/c1-28(17-25(30)27-21-10-7-11-22(14-21)32-2)26(31)18-29-15-19-8-3-5-12-23(19)24-13-6-4-9-20(24)16-29/h3-14H,15-18H2,1-2H3,(H,27,30). The molecule has 1 aliphatic heterocycles. The summed E-state index contributed by atoms with van der Waals surface area (Å²) in [4.78, 5) is 29.0. The van der Waals surface area contributed by atoms with Crippen LogP contribution in [0.5, 0.6) is 5.75 Å². The van der Waals surface area contributed by atoms with E-state index in [0.29, 0.717) is 24.5 Å². The number of nitrogens with zero attached hydrogens (tertiary/aromatic N) is 2. The Hall–Kier alpha value is -3.64. The summed E-state index contributed by atoms with van der Waals surface area (Å²) in [6.07, 6.45) is 0. The molecule has 6 nitrogen and oxygen atoms in total. The number of carbonyl (C=O) groups excluding carboxylic acids is 2. The van der Waals surface area contributed by atoms with E-state index in [4.69, 9.17) is 4.74 Å². The Balaban J connectivity index is 1.40. The summed E-state index contributed by atoms with van der Waals surface area (Å²) in [5, 5.41) is 2.82. The molecular weight excluding hydrogens is 402 g/mol. The average Bonchev–Trinajstić information content (AvgIpc) is 2.95. The van der Waals surface area contributed by atoms with Gasteiger partial charge in [0.1, 0.15) is 5.75 Å². The van der Waals surface area contributed by atoms with Crippen LogP contribution in [0.2, 0.25) is 0 Å². The van der Waals surface area contributed by atoms with Gasteiger partial charge in [-0.25, -0.2) is 0 Å². The Kier molecular flexibility index (Phi) is 6.52. The molecule has 1 aliphatic rings. The summed E-state index contributed by atoms with van der Waals surface area (Å²) in [6, 6.07) is 23.8. The highest BCUT2D eigenvalue weighted by Crippen LogP contribution is 2.32. The largest absolute Gasteiger partial charge is 0.497 e. The van der Waals surface area contributed by atoms with Crippen molar-refractivity contribution in [2.75, 3.05) is 32.6 Å². The van der Waals surface area contributed by atoms with Crippen molar-refractivity contribution in [2.24, 2.45) is 0 Å². The monoisotopic (exact) mass is 429 g/mol. The van der Waals surface area contributed by atoms with E-state index >= 15 is 0 Å². The Labute approximate surface area is 188 Å². The Morgan fingerprint density at radius 3 is 2.19 bits per heavy atom. The summed E-state index contributed by atoms with van der Waals surface area (Å²) in [5.41, 5.74) is 5.46. The minimum Gasteiger partial charge on any atom is -0.497 e. The third-order valence-corrected chi connectivity index (χ3v) is 5.63. The molecule has 0 unspecified atom stereocenters. The lowest BCUT2D eigenvalue weighted by Crippen LogP contribution is -2.41. The van der Waals surface area contributed by atoms with Gasteiger partial charge in [-0.05, 0) is 34.4 Å². The van der Waals surface area contributed by atoms with E-state index in [0.717, 1.165) is 0 Å². The van der Waals surface area contributed by atoms with Gasteiger partial charge in [0.15, 0.2) is 0 Å². The molecule has 6 heteroatoms. The second-order valence-electron chi connectivity index (χ2n) is 7.99. The first-order valence-electron chi connectivity index (χ1n) is 10.6. The van der Waals surface area contributed by atoms with E-state index in [2.05, 4.69) is 34.5 Å². The fraction of sp³-hybridized carbons (Fsp3) is 0.231. The molecule has 0 fully saturated rings. The smallest absolute Gasteiger partial charge is 0.243 e. The number of hydrogen-bond acceptors (Lipinski definition) is 4. The molecule has 0 saturated carbocycles. The number of ether oxygens (including phenoxy) is 1. The molecule has 4 rings (SSSR count). The highest BCUT2D eigenvalue weighted by Gasteiger charge is 2.22. The van der Waals surface area contributed by atoms with Gasteiger partial charge in [0.2, 0.25) is 11.8 Å². The molecule has 32 heavy (non-hydrogen) atoms. The van der Waals surface area contributed by atoms with Crippen molar-refractivity contribution in [3.63, 3.8) is 0 Å². The van der Waals surface area contributed by atoms with Crippen LogP contribution in [0, 0.1) is 0 Å². The summed E-state index contributed by atoms with van der Waals surface area (Å²) >= 11 is 0. The molecule has 0 spiro atoms. The molecule has 0 saturated heterocycles. The van der Waals surface area contributed by atoms with Gasteiger partial charge in [-0.3, -0.25) is 14.5 Å². The van der Waals surface area contributed by atoms with Gasteiger partial charge in [0.25, 0.3) is 0 Å². The molecule has 0 aromatic heterocycles. The fourth-order valence-electron chi connectivity index (χ4n) is 4.01. The highest BCUT2D eigenvalue weighted by molar-refractivity contribution is 5.94. The van der Waals surface area contributed by atoms with Gasteiger partial charge in [0, 0.05) is 31.9 Å². The van der Waals surface area contributed by atoms with Gasteiger partial charge < -0.3 is 15.0 Å². The van der Waals surface area contributed by atoms with Crippen molar-refractivity contribution in [3.05, 3.63) is 83.9 Å². The third-order valence-electron chi connectivity index (χ3n) is 5.63. The van der Waals surface area contributed by atoms with E-state index in [9.17, 15) is 9.59 Å². The van der Waals surface area contributed by atoms with E-state index < -0.39 is 0 Å². The van der Waals surface area contributed by atoms with Gasteiger partial charge in [-0.15, -0.1) is 0 Å². The van der Waals surface area contributed by atoms with E-state index in [1.165, 1.54) is 27.2 Å². The lowest BCUT2D eigenvalue weighted by molar-refractivity contribution is -0.134. The summed E-state index contributed by atoms with van der Waals surface area (Å²) in [7, 11) is 3.24. The summed E-state index contributed by atoms with van der Waals surface area (Å²) < 4.78 is 5.18. The molecule has 2 amide bonds. The van der Waals surface area contributed by atoms with Crippen LogP contribution in [0.4, 0.5) is 5.69 Å². The zero-order valence-electron chi connectivity index (χ0n) is 18.4. The van der Waals surface area contributed by atoms with E-state index in [1.807, 2.05) is 30.3 Å². The number of fused-ring (bicyclic) bond motifs is 3. The van der Waals surface area contributed by atoms with Crippen molar-refractivity contribution in [1.29, 1.82) is 0 Å². The zero-order valence-corrected chi connectivity index (χ0v) is 18.4. The number of carbonyl (C=O) groups is 2. The summed E-state index contributed by atoms with van der Waals surface area (Å²) in [6.45, 7) is 1.59. The van der Waals surface area contributed by atoms with Crippen molar-refractivity contribution >= 4 is 17.5 Å². The first-order chi connectivity index (χ1) is 15.5.